The Bertz CT molecular complexity index is 383. The van der Waals surface area contributed by atoms with Gasteiger partial charge in [0.15, 0.2) is 0 Å². The van der Waals surface area contributed by atoms with E-state index in [4.69, 9.17) is 4.74 Å². The zero-order valence-corrected chi connectivity index (χ0v) is 12.6. The lowest BCUT2D eigenvalue weighted by atomic mass is 9.83. The van der Waals surface area contributed by atoms with Crippen LogP contribution in [0.25, 0.3) is 0 Å². The smallest absolute Gasteiger partial charge is 0.122 e. The van der Waals surface area contributed by atoms with Crippen molar-refractivity contribution < 1.29 is 4.74 Å². The van der Waals surface area contributed by atoms with Crippen molar-refractivity contribution in [3.05, 3.63) is 29.3 Å². The van der Waals surface area contributed by atoms with E-state index in [-0.39, 0.29) is 5.41 Å². The molecule has 1 N–H and O–H groups in total. The Morgan fingerprint density at radius 3 is 2.44 bits per heavy atom. The molecule has 2 nitrogen and oxygen atoms in total. The van der Waals surface area contributed by atoms with E-state index in [2.05, 4.69) is 58.1 Å². The third-order valence-electron chi connectivity index (χ3n) is 3.40. The number of ether oxygens (including phenoxy) is 1. The van der Waals surface area contributed by atoms with Gasteiger partial charge in [-0.25, -0.2) is 0 Å². The first-order valence-electron chi connectivity index (χ1n) is 6.81. The van der Waals surface area contributed by atoms with Crippen molar-refractivity contribution in [1.82, 2.24) is 5.32 Å². The van der Waals surface area contributed by atoms with Crippen molar-refractivity contribution in [3.63, 3.8) is 0 Å². The first-order valence-corrected chi connectivity index (χ1v) is 6.81. The van der Waals surface area contributed by atoms with Gasteiger partial charge in [-0.1, -0.05) is 46.8 Å². The fourth-order valence-electron chi connectivity index (χ4n) is 2.04. The largest absolute Gasteiger partial charge is 0.496 e. The van der Waals surface area contributed by atoms with Gasteiger partial charge in [0.2, 0.25) is 0 Å². The van der Waals surface area contributed by atoms with Gasteiger partial charge in [0.05, 0.1) is 7.11 Å². The summed E-state index contributed by atoms with van der Waals surface area (Å²) in [6.45, 7) is 12.1. The van der Waals surface area contributed by atoms with Gasteiger partial charge < -0.3 is 10.1 Å². The van der Waals surface area contributed by atoms with Crippen LogP contribution in [-0.4, -0.2) is 19.7 Å². The number of benzene rings is 1. The van der Waals surface area contributed by atoms with E-state index in [1.165, 1.54) is 11.1 Å². The second kappa shape index (κ2) is 6.24. The molecule has 18 heavy (non-hydrogen) atoms. The Labute approximate surface area is 112 Å². The molecule has 0 aromatic heterocycles. The number of nitrogens with one attached hydrogen (secondary N) is 1. The molecule has 1 rings (SSSR count). The number of hydrogen-bond acceptors (Lipinski definition) is 2. The van der Waals surface area contributed by atoms with Gasteiger partial charge in [0.1, 0.15) is 5.75 Å². The van der Waals surface area contributed by atoms with E-state index in [1.54, 1.807) is 7.11 Å². The molecule has 0 amide bonds. The molecule has 102 valence electrons. The van der Waals surface area contributed by atoms with Crippen molar-refractivity contribution in [2.45, 2.75) is 52.5 Å². The molecule has 0 spiro atoms. The second-order valence-corrected chi connectivity index (χ2v) is 5.80. The molecule has 0 heterocycles. The van der Waals surface area contributed by atoms with Gasteiger partial charge >= 0.3 is 0 Å². The van der Waals surface area contributed by atoms with Crippen LogP contribution in [0.5, 0.6) is 5.75 Å². The molecular formula is C16H27NO. The zero-order chi connectivity index (χ0) is 13.8. The number of hydrogen-bond donors (Lipinski definition) is 1. The molecule has 1 aromatic rings. The number of aryl methyl sites for hydroxylation is 1. The van der Waals surface area contributed by atoms with Gasteiger partial charge in [-0.15, -0.1) is 0 Å². The van der Waals surface area contributed by atoms with Crippen LogP contribution in [0.1, 0.15) is 45.7 Å². The van der Waals surface area contributed by atoms with Crippen molar-refractivity contribution in [2.75, 3.05) is 13.7 Å². The van der Waals surface area contributed by atoms with Gasteiger partial charge in [0.25, 0.3) is 0 Å². The van der Waals surface area contributed by atoms with Crippen LogP contribution in [0.2, 0.25) is 0 Å². The summed E-state index contributed by atoms with van der Waals surface area (Å²) in [6, 6.07) is 7.07. The first-order chi connectivity index (χ1) is 8.40. The summed E-state index contributed by atoms with van der Waals surface area (Å²) in [7, 11) is 1.74. The molecule has 0 aliphatic rings. The first kappa shape index (κ1) is 15.0. The highest BCUT2D eigenvalue weighted by molar-refractivity contribution is 5.40. The normalized spacial score (nSPS) is 11.9. The minimum Gasteiger partial charge on any atom is -0.496 e. The Morgan fingerprint density at radius 2 is 1.94 bits per heavy atom. The maximum atomic E-state index is 5.39. The molecule has 0 bridgehead atoms. The minimum absolute atomic E-state index is 0.139. The lowest BCUT2D eigenvalue weighted by Crippen LogP contribution is -2.36. The van der Waals surface area contributed by atoms with Gasteiger partial charge in [-0.2, -0.15) is 0 Å². The maximum Gasteiger partial charge on any atom is 0.122 e. The minimum atomic E-state index is 0.139. The highest BCUT2D eigenvalue weighted by atomic mass is 16.5. The van der Waals surface area contributed by atoms with Crippen LogP contribution in [0, 0.1) is 0 Å². The summed E-state index contributed by atoms with van der Waals surface area (Å²) in [4.78, 5) is 0. The van der Waals surface area contributed by atoms with E-state index >= 15 is 0 Å². The molecule has 0 saturated carbocycles. The average Bonchev–Trinajstić information content (AvgIpc) is 2.35. The Balaban J connectivity index is 2.94. The Morgan fingerprint density at radius 1 is 1.28 bits per heavy atom. The van der Waals surface area contributed by atoms with Gasteiger partial charge in [0, 0.05) is 18.0 Å². The highest BCUT2D eigenvalue weighted by Crippen LogP contribution is 2.28. The third kappa shape index (κ3) is 3.74. The summed E-state index contributed by atoms with van der Waals surface area (Å²) in [6.07, 6.45) is 1.00. The number of methoxy groups -OCH3 is 1. The van der Waals surface area contributed by atoms with Crippen molar-refractivity contribution in [3.8, 4) is 5.75 Å². The topological polar surface area (TPSA) is 21.3 Å². The fraction of sp³-hybridized carbons (Fsp3) is 0.625. The zero-order valence-electron chi connectivity index (χ0n) is 12.6. The van der Waals surface area contributed by atoms with Crippen molar-refractivity contribution in [2.24, 2.45) is 0 Å². The molecule has 0 saturated heterocycles. The van der Waals surface area contributed by atoms with Crippen LogP contribution < -0.4 is 10.1 Å². The summed E-state index contributed by atoms with van der Waals surface area (Å²) >= 11 is 0. The molecule has 0 fully saturated rings. The van der Waals surface area contributed by atoms with Gasteiger partial charge in [-0.05, 0) is 23.6 Å². The molecule has 2 heteroatoms. The third-order valence-corrected chi connectivity index (χ3v) is 3.40. The van der Waals surface area contributed by atoms with Crippen LogP contribution in [0.15, 0.2) is 18.2 Å². The number of rotatable bonds is 6. The van der Waals surface area contributed by atoms with Crippen LogP contribution in [0.3, 0.4) is 0 Å². The predicted octanol–water partition coefficient (Wildman–Crippen LogP) is 3.53. The molecule has 0 unspecified atom stereocenters. The lowest BCUT2D eigenvalue weighted by molar-refractivity contribution is 0.407. The van der Waals surface area contributed by atoms with Crippen molar-refractivity contribution in [1.29, 1.82) is 0 Å². The molecule has 0 aliphatic heterocycles. The Kier molecular flexibility index (Phi) is 5.21. The summed E-state index contributed by atoms with van der Waals surface area (Å²) < 4.78 is 5.39. The SMILES string of the molecule is CCc1cc(C(C)(C)CNC(C)C)ccc1OC. The Hall–Kier alpha value is -1.02. The standard InChI is InChI=1S/C16H27NO/c1-7-13-10-14(8-9-15(13)18-6)16(4,5)11-17-12(2)3/h8-10,12,17H,7,11H2,1-6H3. The van der Waals surface area contributed by atoms with E-state index in [1.807, 2.05) is 0 Å². The quantitative estimate of drug-likeness (QED) is 0.832. The highest BCUT2D eigenvalue weighted by Gasteiger charge is 2.21. The second-order valence-electron chi connectivity index (χ2n) is 5.80. The van der Waals surface area contributed by atoms with Gasteiger partial charge in [-0.3, -0.25) is 0 Å². The molecule has 0 atom stereocenters. The summed E-state index contributed by atoms with van der Waals surface area (Å²) in [5.41, 5.74) is 2.79. The van der Waals surface area contributed by atoms with Crippen LogP contribution in [-0.2, 0) is 11.8 Å². The molecular weight excluding hydrogens is 222 g/mol. The summed E-state index contributed by atoms with van der Waals surface area (Å²) in [5.74, 6) is 0.994. The van der Waals surface area contributed by atoms with E-state index < -0.39 is 0 Å². The van der Waals surface area contributed by atoms with E-state index in [9.17, 15) is 0 Å². The molecule has 0 radical (unpaired) electrons. The van der Waals surface area contributed by atoms with Crippen LogP contribution in [0.4, 0.5) is 0 Å². The molecule has 1 aromatic carbocycles. The van der Waals surface area contributed by atoms with E-state index in [0.29, 0.717) is 6.04 Å². The summed E-state index contributed by atoms with van der Waals surface area (Å²) in [5, 5.41) is 3.52. The van der Waals surface area contributed by atoms with Crippen molar-refractivity contribution >= 4 is 0 Å². The average molecular weight is 249 g/mol. The monoisotopic (exact) mass is 249 g/mol. The van der Waals surface area contributed by atoms with Crippen LogP contribution >= 0.6 is 0 Å². The molecule has 0 aliphatic carbocycles. The lowest BCUT2D eigenvalue weighted by Gasteiger charge is -2.28. The maximum absolute atomic E-state index is 5.39. The van der Waals surface area contributed by atoms with E-state index in [0.717, 1.165) is 18.7 Å². The fourth-order valence-corrected chi connectivity index (χ4v) is 2.04. The predicted molar refractivity (Wildman–Crippen MR) is 78.5 cm³/mol.